The SMILES string of the molecule is COc1ccccc1Cn1c(C2CC(=O)N(c3ccc(C)cc3)C2)nc2ccccc21. The lowest BCUT2D eigenvalue weighted by atomic mass is 10.1. The molecule has 5 nitrogen and oxygen atoms in total. The van der Waals surface area contributed by atoms with Crippen molar-refractivity contribution in [1.82, 2.24) is 9.55 Å². The zero-order valence-electron chi connectivity index (χ0n) is 17.8. The first-order valence-corrected chi connectivity index (χ1v) is 10.6. The Morgan fingerprint density at radius 1 is 1.00 bits per heavy atom. The highest BCUT2D eigenvalue weighted by molar-refractivity contribution is 5.96. The number of methoxy groups -OCH3 is 1. The summed E-state index contributed by atoms with van der Waals surface area (Å²) in [5, 5.41) is 0. The van der Waals surface area contributed by atoms with E-state index in [1.54, 1.807) is 7.11 Å². The molecule has 1 aliphatic heterocycles. The van der Waals surface area contributed by atoms with Crippen molar-refractivity contribution >= 4 is 22.6 Å². The van der Waals surface area contributed by atoms with Crippen molar-refractivity contribution in [2.45, 2.75) is 25.8 Å². The molecule has 0 radical (unpaired) electrons. The predicted octanol–water partition coefficient (Wildman–Crippen LogP) is 4.92. The van der Waals surface area contributed by atoms with Crippen molar-refractivity contribution < 1.29 is 9.53 Å². The van der Waals surface area contributed by atoms with E-state index in [9.17, 15) is 4.79 Å². The maximum Gasteiger partial charge on any atom is 0.227 e. The number of hydrogen-bond donors (Lipinski definition) is 0. The van der Waals surface area contributed by atoms with Crippen LogP contribution in [0.15, 0.2) is 72.8 Å². The number of benzene rings is 3. The van der Waals surface area contributed by atoms with Gasteiger partial charge in [0, 0.05) is 30.1 Å². The first kappa shape index (κ1) is 19.4. The molecule has 0 N–H and O–H groups in total. The van der Waals surface area contributed by atoms with Crippen LogP contribution in [0.5, 0.6) is 5.75 Å². The molecule has 2 heterocycles. The summed E-state index contributed by atoms with van der Waals surface area (Å²) in [6, 6.07) is 24.4. The molecule has 1 fully saturated rings. The van der Waals surface area contributed by atoms with Crippen molar-refractivity contribution in [1.29, 1.82) is 0 Å². The summed E-state index contributed by atoms with van der Waals surface area (Å²) in [5.41, 5.74) is 5.25. The van der Waals surface area contributed by atoms with Gasteiger partial charge in [0.15, 0.2) is 0 Å². The van der Waals surface area contributed by atoms with Crippen LogP contribution < -0.4 is 9.64 Å². The molecular weight excluding hydrogens is 386 g/mol. The molecule has 1 atom stereocenters. The summed E-state index contributed by atoms with van der Waals surface area (Å²) in [6.07, 6.45) is 0.461. The average molecular weight is 412 g/mol. The van der Waals surface area contributed by atoms with Crippen LogP contribution in [-0.4, -0.2) is 29.1 Å². The van der Waals surface area contributed by atoms with Gasteiger partial charge in [-0.25, -0.2) is 4.98 Å². The molecule has 1 aliphatic rings. The molecule has 0 aliphatic carbocycles. The minimum absolute atomic E-state index is 0.0379. The Labute approximate surface area is 181 Å². The molecular formula is C26H25N3O2. The maximum absolute atomic E-state index is 12.9. The van der Waals surface area contributed by atoms with E-state index in [1.165, 1.54) is 5.56 Å². The Morgan fingerprint density at radius 3 is 2.55 bits per heavy atom. The van der Waals surface area contributed by atoms with Gasteiger partial charge < -0.3 is 14.2 Å². The molecule has 1 saturated heterocycles. The first-order chi connectivity index (χ1) is 15.1. The van der Waals surface area contributed by atoms with Gasteiger partial charge in [0.1, 0.15) is 11.6 Å². The minimum Gasteiger partial charge on any atom is -0.496 e. The summed E-state index contributed by atoms with van der Waals surface area (Å²) >= 11 is 0. The van der Waals surface area contributed by atoms with Crippen molar-refractivity contribution in [2.24, 2.45) is 0 Å². The number of nitrogens with zero attached hydrogens (tertiary/aromatic N) is 3. The number of anilines is 1. The quantitative estimate of drug-likeness (QED) is 0.468. The number of ether oxygens (including phenoxy) is 1. The van der Waals surface area contributed by atoms with Gasteiger partial charge in [-0.15, -0.1) is 0 Å². The molecule has 0 bridgehead atoms. The average Bonchev–Trinajstić information content (AvgIpc) is 3.35. The third-order valence-electron chi connectivity index (χ3n) is 6.04. The van der Waals surface area contributed by atoms with E-state index in [2.05, 4.69) is 23.6 Å². The summed E-state index contributed by atoms with van der Waals surface area (Å²) in [7, 11) is 1.70. The third-order valence-corrected chi connectivity index (χ3v) is 6.04. The molecule has 3 aromatic carbocycles. The lowest BCUT2D eigenvalue weighted by Gasteiger charge is -2.18. The van der Waals surface area contributed by atoms with Gasteiger partial charge in [-0.05, 0) is 37.3 Å². The summed E-state index contributed by atoms with van der Waals surface area (Å²) in [6.45, 7) is 3.34. The van der Waals surface area contributed by atoms with Crippen LogP contribution in [0, 0.1) is 6.92 Å². The second kappa shape index (κ2) is 7.91. The van der Waals surface area contributed by atoms with Gasteiger partial charge in [0.2, 0.25) is 5.91 Å². The predicted molar refractivity (Wildman–Crippen MR) is 123 cm³/mol. The van der Waals surface area contributed by atoms with E-state index < -0.39 is 0 Å². The Bertz CT molecular complexity index is 1240. The molecule has 0 saturated carbocycles. The van der Waals surface area contributed by atoms with E-state index in [0.29, 0.717) is 19.5 Å². The lowest BCUT2D eigenvalue weighted by molar-refractivity contribution is -0.117. The van der Waals surface area contributed by atoms with Crippen molar-refractivity contribution in [3.8, 4) is 5.75 Å². The zero-order valence-corrected chi connectivity index (χ0v) is 17.8. The number of carbonyl (C=O) groups excluding carboxylic acids is 1. The maximum atomic E-state index is 12.9. The summed E-state index contributed by atoms with van der Waals surface area (Å²) < 4.78 is 7.82. The number of rotatable bonds is 5. The molecule has 1 amide bonds. The number of aromatic nitrogens is 2. The fraction of sp³-hybridized carbons (Fsp3) is 0.231. The lowest BCUT2D eigenvalue weighted by Crippen LogP contribution is -2.24. The van der Waals surface area contributed by atoms with E-state index in [4.69, 9.17) is 9.72 Å². The largest absolute Gasteiger partial charge is 0.496 e. The Kier molecular flexibility index (Phi) is 4.94. The van der Waals surface area contributed by atoms with Gasteiger partial charge in [0.05, 0.1) is 24.7 Å². The number of para-hydroxylation sites is 3. The first-order valence-electron chi connectivity index (χ1n) is 10.6. The second-order valence-corrected chi connectivity index (χ2v) is 8.10. The van der Waals surface area contributed by atoms with Gasteiger partial charge in [0.25, 0.3) is 0 Å². The summed E-state index contributed by atoms with van der Waals surface area (Å²) in [5.74, 6) is 1.99. The van der Waals surface area contributed by atoms with E-state index in [1.807, 2.05) is 65.6 Å². The number of imidazole rings is 1. The molecule has 0 spiro atoms. The fourth-order valence-corrected chi connectivity index (χ4v) is 4.43. The Hall–Kier alpha value is -3.60. The number of amides is 1. The Morgan fingerprint density at radius 2 is 1.74 bits per heavy atom. The second-order valence-electron chi connectivity index (χ2n) is 8.10. The Balaban J connectivity index is 1.53. The van der Waals surface area contributed by atoms with Crippen LogP contribution >= 0.6 is 0 Å². The van der Waals surface area contributed by atoms with Gasteiger partial charge in [-0.3, -0.25) is 4.79 Å². The van der Waals surface area contributed by atoms with Crippen LogP contribution in [0.25, 0.3) is 11.0 Å². The number of aryl methyl sites for hydroxylation is 1. The van der Waals surface area contributed by atoms with Gasteiger partial charge in [-0.2, -0.15) is 0 Å². The molecule has 1 unspecified atom stereocenters. The number of hydrogen-bond acceptors (Lipinski definition) is 3. The molecule has 5 heteroatoms. The van der Waals surface area contributed by atoms with Crippen molar-refractivity contribution in [3.05, 3.63) is 89.7 Å². The smallest absolute Gasteiger partial charge is 0.227 e. The number of fused-ring (bicyclic) bond motifs is 1. The number of carbonyl (C=O) groups is 1. The standard InChI is InChI=1S/C26H25N3O2/c1-18-11-13-21(14-12-18)28-17-20(15-25(28)30)26-27-22-8-4-5-9-23(22)29(26)16-19-7-3-6-10-24(19)31-2/h3-14,20H,15-17H2,1-2H3. The molecule has 31 heavy (non-hydrogen) atoms. The highest BCUT2D eigenvalue weighted by atomic mass is 16.5. The van der Waals surface area contributed by atoms with Crippen molar-refractivity contribution in [3.63, 3.8) is 0 Å². The normalized spacial score (nSPS) is 16.3. The monoisotopic (exact) mass is 411 g/mol. The molecule has 4 aromatic rings. The van der Waals surface area contributed by atoms with E-state index in [-0.39, 0.29) is 11.8 Å². The van der Waals surface area contributed by atoms with Crippen LogP contribution in [0.3, 0.4) is 0 Å². The fourth-order valence-electron chi connectivity index (χ4n) is 4.43. The highest BCUT2D eigenvalue weighted by Crippen LogP contribution is 2.34. The zero-order chi connectivity index (χ0) is 21.4. The molecule has 5 rings (SSSR count). The van der Waals surface area contributed by atoms with E-state index >= 15 is 0 Å². The minimum atomic E-state index is 0.0379. The summed E-state index contributed by atoms with van der Waals surface area (Å²) in [4.78, 5) is 19.7. The van der Waals surface area contributed by atoms with Crippen LogP contribution in [0.1, 0.15) is 29.3 Å². The van der Waals surface area contributed by atoms with Crippen molar-refractivity contribution in [2.75, 3.05) is 18.6 Å². The van der Waals surface area contributed by atoms with Gasteiger partial charge in [-0.1, -0.05) is 48.0 Å². The van der Waals surface area contributed by atoms with E-state index in [0.717, 1.165) is 33.9 Å². The topological polar surface area (TPSA) is 47.4 Å². The van der Waals surface area contributed by atoms with Crippen LogP contribution in [0.2, 0.25) is 0 Å². The molecule has 1 aromatic heterocycles. The van der Waals surface area contributed by atoms with Gasteiger partial charge >= 0.3 is 0 Å². The molecule has 156 valence electrons. The highest BCUT2D eigenvalue weighted by Gasteiger charge is 2.35. The third kappa shape index (κ3) is 3.56. The van der Waals surface area contributed by atoms with Crippen LogP contribution in [0.4, 0.5) is 5.69 Å². The van der Waals surface area contributed by atoms with Crippen LogP contribution in [-0.2, 0) is 11.3 Å².